The van der Waals surface area contributed by atoms with Gasteiger partial charge in [0.15, 0.2) is 17.2 Å². The molecule has 2 saturated heterocycles. The van der Waals surface area contributed by atoms with Crippen molar-refractivity contribution in [2.24, 2.45) is 28.9 Å². The van der Waals surface area contributed by atoms with E-state index in [4.69, 9.17) is 15.2 Å². The number of aliphatic hydroxyl groups excluding tert-OH is 1. The number of esters is 1. The molecule has 236 valence electrons. The van der Waals surface area contributed by atoms with Gasteiger partial charge in [-0.05, 0) is 62.4 Å². The van der Waals surface area contributed by atoms with Crippen molar-refractivity contribution in [1.82, 2.24) is 0 Å². The molecule has 0 aromatic carbocycles. The van der Waals surface area contributed by atoms with Crippen molar-refractivity contribution in [3.05, 3.63) is 11.1 Å². The number of unbranched alkanes of at least 4 members (excludes halogenated alkanes) is 3. The van der Waals surface area contributed by atoms with Crippen molar-refractivity contribution in [3.63, 3.8) is 0 Å². The summed E-state index contributed by atoms with van der Waals surface area (Å²) < 4.78 is 11.9. The van der Waals surface area contributed by atoms with Crippen LogP contribution in [0.5, 0.6) is 0 Å². The highest BCUT2D eigenvalue weighted by Gasteiger charge is 2.87. The number of carbonyl (C=O) groups is 3. The topological polar surface area (TPSA) is 136 Å². The van der Waals surface area contributed by atoms with Gasteiger partial charge in [0, 0.05) is 31.1 Å². The Morgan fingerprint density at radius 1 is 1.00 bits per heavy atom. The van der Waals surface area contributed by atoms with E-state index in [0.717, 1.165) is 88.3 Å². The highest BCUT2D eigenvalue weighted by molar-refractivity contribution is 6.23. The van der Waals surface area contributed by atoms with Crippen LogP contribution in [0.15, 0.2) is 11.1 Å². The van der Waals surface area contributed by atoms with Gasteiger partial charge in [0.1, 0.15) is 6.17 Å². The summed E-state index contributed by atoms with van der Waals surface area (Å²) >= 11 is 0. The molecule has 2 heterocycles. The number of carbonyl (C=O) groups excluding carboxylic acids is 3. The summed E-state index contributed by atoms with van der Waals surface area (Å²) in [7, 11) is 0. The zero-order valence-electron chi connectivity index (χ0n) is 26.1. The van der Waals surface area contributed by atoms with E-state index in [-0.39, 0.29) is 42.8 Å². The number of hydrogen-bond acceptors (Lipinski definition) is 7. The molecule has 0 radical (unpaired) electrons. The van der Waals surface area contributed by atoms with Crippen molar-refractivity contribution in [1.29, 1.82) is 0 Å². The number of aliphatic hydroxyl groups is 1. The number of ketones is 2. The highest BCUT2D eigenvalue weighted by Crippen LogP contribution is 2.62. The van der Waals surface area contributed by atoms with Gasteiger partial charge in [-0.1, -0.05) is 63.9 Å². The molecule has 0 amide bonds. The van der Waals surface area contributed by atoms with Crippen LogP contribution >= 0.6 is 0 Å². The van der Waals surface area contributed by atoms with E-state index in [0.29, 0.717) is 18.8 Å². The van der Waals surface area contributed by atoms with Crippen molar-refractivity contribution < 1.29 is 34.3 Å². The van der Waals surface area contributed by atoms with Gasteiger partial charge in [-0.25, -0.2) is 4.79 Å². The van der Waals surface area contributed by atoms with Crippen molar-refractivity contribution in [3.8, 4) is 0 Å². The summed E-state index contributed by atoms with van der Waals surface area (Å²) in [5.74, 6) is -1.46. The van der Waals surface area contributed by atoms with Gasteiger partial charge >= 0.3 is 5.97 Å². The average molecular weight is 588 g/mol. The molecular formula is C34H55N2O6+. The lowest BCUT2D eigenvalue weighted by Gasteiger charge is -2.46. The standard InChI is InChI=1S/C34H54N2O6/c1-3-4-5-11-18-41-31(40)34-30(39)27-13-8-7-12-26(27)29(38)33(34,42-34)21-24(22-37)23(2)20-32(15-9-6-10-16-32)25-14-17-36-28(35)19-25/h25-28,36-37H,3-22,35H2,1-2H3/p+1. The maximum Gasteiger partial charge on any atom is 0.349 e. The first-order valence-electron chi connectivity index (χ1n) is 17.1. The second kappa shape index (κ2) is 13.2. The van der Waals surface area contributed by atoms with Crippen LogP contribution in [0.25, 0.3) is 0 Å². The Hall–Kier alpha value is -1.61. The highest BCUT2D eigenvalue weighted by atomic mass is 16.7. The molecule has 3 saturated carbocycles. The van der Waals surface area contributed by atoms with E-state index in [9.17, 15) is 19.5 Å². The zero-order valence-corrected chi connectivity index (χ0v) is 26.1. The lowest BCUT2D eigenvalue weighted by Crippen LogP contribution is -2.95. The Labute approximate surface area is 251 Å². The van der Waals surface area contributed by atoms with Crippen LogP contribution in [0.4, 0.5) is 0 Å². The maximum absolute atomic E-state index is 14.2. The molecule has 6 atom stereocenters. The molecule has 8 nitrogen and oxygen atoms in total. The van der Waals surface area contributed by atoms with Crippen LogP contribution in [0.2, 0.25) is 0 Å². The first kappa shape index (κ1) is 31.8. The summed E-state index contributed by atoms with van der Waals surface area (Å²) in [6.45, 7) is 5.24. The molecule has 3 aliphatic carbocycles. The van der Waals surface area contributed by atoms with Gasteiger partial charge in [0.05, 0.1) is 19.8 Å². The van der Waals surface area contributed by atoms with Crippen molar-refractivity contribution >= 4 is 17.5 Å². The zero-order chi connectivity index (χ0) is 30.0. The van der Waals surface area contributed by atoms with E-state index in [1.165, 1.54) is 19.3 Å². The molecule has 0 spiro atoms. The largest absolute Gasteiger partial charge is 0.463 e. The molecular weight excluding hydrogens is 532 g/mol. The second-order valence-corrected chi connectivity index (χ2v) is 14.3. The number of fused-ring (bicyclic) bond motifs is 2. The minimum absolute atomic E-state index is 0.0854. The quantitative estimate of drug-likeness (QED) is 0.104. The number of rotatable bonds is 12. The molecule has 5 fully saturated rings. The third kappa shape index (κ3) is 5.66. The van der Waals surface area contributed by atoms with Crippen LogP contribution in [-0.2, 0) is 23.9 Å². The Morgan fingerprint density at radius 2 is 1.71 bits per heavy atom. The van der Waals surface area contributed by atoms with Gasteiger partial charge in [-0.2, -0.15) is 0 Å². The SMILES string of the molecule is CCCCCCOC(=O)C12OC1(CC(CO)=C(C)CC1(C3CC[NH2+]C(N)C3)CCCCC1)C(=O)C1CCCCC1C2=O. The molecule has 6 unspecified atom stereocenters. The lowest BCUT2D eigenvalue weighted by atomic mass is 9.59. The van der Waals surface area contributed by atoms with Crippen LogP contribution in [0, 0.1) is 23.2 Å². The third-order valence-corrected chi connectivity index (χ3v) is 11.7. The fourth-order valence-corrected chi connectivity index (χ4v) is 9.27. The van der Waals surface area contributed by atoms with Gasteiger partial charge in [0.25, 0.3) is 5.60 Å². The predicted molar refractivity (Wildman–Crippen MR) is 159 cm³/mol. The first-order valence-corrected chi connectivity index (χ1v) is 17.1. The van der Waals surface area contributed by atoms with Crippen molar-refractivity contribution in [2.75, 3.05) is 19.8 Å². The number of ether oxygens (including phenoxy) is 2. The molecule has 42 heavy (non-hydrogen) atoms. The van der Waals surface area contributed by atoms with E-state index < -0.39 is 29.0 Å². The average Bonchev–Trinajstić information content (AvgIpc) is 3.70. The Kier molecular flexibility index (Phi) is 9.97. The minimum Gasteiger partial charge on any atom is -0.463 e. The number of Topliss-reactive ketones (excluding diaryl/α,β-unsaturated/α-hetero) is 2. The third-order valence-electron chi connectivity index (χ3n) is 11.7. The van der Waals surface area contributed by atoms with E-state index in [1.807, 2.05) is 0 Å². The van der Waals surface area contributed by atoms with E-state index in [1.54, 1.807) is 0 Å². The normalized spacial score (nSPS) is 36.5. The Bertz CT molecular complexity index is 1050. The van der Waals surface area contributed by atoms with Crippen LogP contribution in [0.3, 0.4) is 0 Å². The summed E-state index contributed by atoms with van der Waals surface area (Å²) in [6.07, 6.45) is 16.0. The molecule has 0 aromatic heterocycles. The molecule has 5 rings (SSSR count). The molecule has 0 bridgehead atoms. The van der Waals surface area contributed by atoms with Gasteiger partial charge in [-0.3, -0.25) is 15.3 Å². The van der Waals surface area contributed by atoms with Crippen LogP contribution in [0.1, 0.15) is 123 Å². The number of hydrogen-bond donors (Lipinski definition) is 3. The maximum atomic E-state index is 14.2. The van der Waals surface area contributed by atoms with E-state index >= 15 is 0 Å². The van der Waals surface area contributed by atoms with Crippen LogP contribution < -0.4 is 11.1 Å². The summed E-state index contributed by atoms with van der Waals surface area (Å²) in [4.78, 5) is 41.9. The van der Waals surface area contributed by atoms with Gasteiger partial charge in [-0.15, -0.1) is 0 Å². The number of nitrogens with two attached hydrogens (primary N) is 2. The number of epoxide rings is 1. The second-order valence-electron chi connectivity index (χ2n) is 14.3. The first-order chi connectivity index (χ1) is 20.2. The van der Waals surface area contributed by atoms with E-state index in [2.05, 4.69) is 19.2 Å². The fourth-order valence-electron chi connectivity index (χ4n) is 9.27. The van der Waals surface area contributed by atoms with Crippen molar-refractivity contribution in [2.45, 2.75) is 140 Å². The van der Waals surface area contributed by atoms with Crippen LogP contribution in [-0.4, -0.2) is 59.8 Å². The van der Waals surface area contributed by atoms with Gasteiger partial charge in [0.2, 0.25) is 0 Å². The molecule has 2 aliphatic heterocycles. The van der Waals surface area contributed by atoms with Gasteiger partial charge < -0.3 is 19.9 Å². The monoisotopic (exact) mass is 587 g/mol. The fraction of sp³-hybridized carbons (Fsp3) is 0.853. The summed E-state index contributed by atoms with van der Waals surface area (Å²) in [6, 6.07) is 0. The molecule has 0 aromatic rings. The smallest absolute Gasteiger partial charge is 0.349 e. The molecule has 5 aliphatic rings. The molecule has 5 N–H and O–H groups in total. The summed E-state index contributed by atoms with van der Waals surface area (Å²) in [5, 5.41) is 12.9. The molecule has 8 heteroatoms. The number of quaternary nitrogens is 1. The summed E-state index contributed by atoms with van der Waals surface area (Å²) in [5.41, 5.74) is 4.93. The minimum atomic E-state index is -1.86. The Morgan fingerprint density at radius 3 is 2.38 bits per heavy atom. The number of allylic oxidation sites excluding steroid dienone is 1. The number of piperidine rings is 1. The lowest BCUT2D eigenvalue weighted by molar-refractivity contribution is -0.700. The Balaban J connectivity index is 1.42. The predicted octanol–water partition coefficient (Wildman–Crippen LogP) is 3.87.